The summed E-state index contributed by atoms with van der Waals surface area (Å²) in [5.41, 5.74) is 0.723. The number of morpholine rings is 1. The second kappa shape index (κ2) is 7.75. The summed E-state index contributed by atoms with van der Waals surface area (Å²) >= 11 is 1.21. The third-order valence-corrected chi connectivity index (χ3v) is 6.91. The highest BCUT2D eigenvalue weighted by Gasteiger charge is 2.29. The molecule has 0 spiro atoms. The van der Waals surface area contributed by atoms with E-state index in [1.54, 1.807) is 48.4 Å². The Morgan fingerprint density at radius 2 is 2.00 bits per heavy atom. The summed E-state index contributed by atoms with van der Waals surface area (Å²) in [5.74, 6) is 0.535. The molecule has 26 heavy (non-hydrogen) atoms. The maximum atomic E-state index is 12.3. The third-order valence-electron chi connectivity index (χ3n) is 4.00. The standard InChI is InChI=1S/C17H20N2O5S2/c1-12-3-8-17(25-12)26(21,22)18-9-15-10-19(16(20)11-24-15)13-4-6-14(23-2)7-5-13/h3-8,15,18H,9-11H2,1-2H3. The molecule has 0 radical (unpaired) electrons. The lowest BCUT2D eigenvalue weighted by atomic mass is 10.2. The van der Waals surface area contributed by atoms with Crippen molar-refractivity contribution in [1.29, 1.82) is 0 Å². The molecule has 0 saturated carbocycles. The molecule has 1 unspecified atom stereocenters. The zero-order valence-corrected chi connectivity index (χ0v) is 16.1. The first kappa shape index (κ1) is 18.8. The minimum atomic E-state index is -3.57. The molecule has 1 aliphatic heterocycles. The molecule has 9 heteroatoms. The van der Waals surface area contributed by atoms with Gasteiger partial charge in [0.15, 0.2) is 0 Å². The number of nitrogens with zero attached hydrogens (tertiary/aromatic N) is 1. The van der Waals surface area contributed by atoms with Crippen molar-refractivity contribution in [2.24, 2.45) is 0 Å². The highest BCUT2D eigenvalue weighted by atomic mass is 32.2. The van der Waals surface area contributed by atoms with Crippen molar-refractivity contribution in [3.63, 3.8) is 0 Å². The maximum absolute atomic E-state index is 12.3. The number of benzene rings is 1. The summed E-state index contributed by atoms with van der Waals surface area (Å²) in [6.45, 7) is 2.14. The van der Waals surface area contributed by atoms with Crippen LogP contribution in [0, 0.1) is 6.92 Å². The summed E-state index contributed by atoms with van der Waals surface area (Å²) in [5, 5.41) is 0. The van der Waals surface area contributed by atoms with Crippen LogP contribution in [-0.4, -0.2) is 47.2 Å². The van der Waals surface area contributed by atoms with Crippen molar-refractivity contribution in [3.8, 4) is 5.75 Å². The largest absolute Gasteiger partial charge is 0.497 e. The number of hydrogen-bond donors (Lipinski definition) is 1. The Morgan fingerprint density at radius 3 is 2.62 bits per heavy atom. The fourth-order valence-corrected chi connectivity index (χ4v) is 4.98. The lowest BCUT2D eigenvalue weighted by molar-refractivity contribution is -0.129. The molecule has 2 aromatic rings. The Kier molecular flexibility index (Phi) is 5.61. The zero-order chi connectivity index (χ0) is 18.7. The number of nitrogens with one attached hydrogen (secondary N) is 1. The van der Waals surface area contributed by atoms with E-state index in [9.17, 15) is 13.2 Å². The van der Waals surface area contributed by atoms with Gasteiger partial charge in [0.05, 0.1) is 19.8 Å². The van der Waals surface area contributed by atoms with Crippen LogP contribution in [0.4, 0.5) is 5.69 Å². The van der Waals surface area contributed by atoms with Crippen molar-refractivity contribution in [2.75, 3.05) is 31.7 Å². The van der Waals surface area contributed by atoms with Crippen LogP contribution >= 0.6 is 11.3 Å². The number of carbonyl (C=O) groups excluding carboxylic acids is 1. The van der Waals surface area contributed by atoms with Gasteiger partial charge in [-0.25, -0.2) is 13.1 Å². The van der Waals surface area contributed by atoms with Crippen LogP contribution in [0.2, 0.25) is 0 Å². The molecule has 1 aromatic heterocycles. The van der Waals surface area contributed by atoms with Gasteiger partial charge in [-0.3, -0.25) is 4.79 Å². The van der Waals surface area contributed by atoms with Gasteiger partial charge < -0.3 is 14.4 Å². The zero-order valence-electron chi connectivity index (χ0n) is 14.5. The highest BCUT2D eigenvalue weighted by molar-refractivity contribution is 7.91. The number of amides is 1. The molecule has 1 amide bonds. The second-order valence-electron chi connectivity index (χ2n) is 5.85. The first-order valence-corrected chi connectivity index (χ1v) is 10.3. The predicted molar refractivity (Wildman–Crippen MR) is 99.3 cm³/mol. The van der Waals surface area contributed by atoms with E-state index in [0.29, 0.717) is 5.75 Å². The van der Waals surface area contributed by atoms with Crippen LogP contribution in [0.15, 0.2) is 40.6 Å². The molecule has 1 saturated heterocycles. The molecule has 3 rings (SSSR count). The van der Waals surface area contributed by atoms with Crippen molar-refractivity contribution in [2.45, 2.75) is 17.2 Å². The average Bonchev–Trinajstić information content (AvgIpc) is 3.09. The number of rotatable bonds is 6. The fraction of sp³-hybridized carbons (Fsp3) is 0.353. The normalized spacial score (nSPS) is 18.2. The molecule has 1 aromatic carbocycles. The molecular weight excluding hydrogens is 376 g/mol. The maximum Gasteiger partial charge on any atom is 0.253 e. The van der Waals surface area contributed by atoms with Gasteiger partial charge in [-0.1, -0.05) is 0 Å². The molecule has 0 aliphatic carbocycles. The van der Waals surface area contributed by atoms with Gasteiger partial charge in [-0.05, 0) is 43.3 Å². The summed E-state index contributed by atoms with van der Waals surface area (Å²) in [4.78, 5) is 14.7. The molecule has 7 nitrogen and oxygen atoms in total. The first-order valence-electron chi connectivity index (χ1n) is 8.01. The number of hydrogen-bond acceptors (Lipinski definition) is 6. The molecule has 1 atom stereocenters. The van der Waals surface area contributed by atoms with Crippen LogP contribution in [0.1, 0.15) is 4.88 Å². The van der Waals surface area contributed by atoms with Crippen LogP contribution in [0.3, 0.4) is 0 Å². The molecule has 1 N–H and O–H groups in total. The Hall–Kier alpha value is -1.94. The first-order chi connectivity index (χ1) is 12.4. The smallest absolute Gasteiger partial charge is 0.253 e. The van der Waals surface area contributed by atoms with E-state index < -0.39 is 16.1 Å². The molecule has 0 bridgehead atoms. The van der Waals surface area contributed by atoms with Crippen molar-refractivity contribution >= 4 is 33.0 Å². The second-order valence-corrected chi connectivity index (χ2v) is 9.13. The summed E-state index contributed by atoms with van der Waals surface area (Å²) < 4.78 is 38.1. The van der Waals surface area contributed by atoms with Gasteiger partial charge in [0.25, 0.3) is 5.91 Å². The van der Waals surface area contributed by atoms with E-state index in [1.807, 2.05) is 6.92 Å². The molecule has 140 valence electrons. The Labute approximate surface area is 156 Å². The number of methoxy groups -OCH3 is 1. The van der Waals surface area contributed by atoms with Crippen LogP contribution < -0.4 is 14.4 Å². The van der Waals surface area contributed by atoms with Crippen LogP contribution in [0.25, 0.3) is 0 Å². The summed E-state index contributed by atoms with van der Waals surface area (Å²) in [7, 11) is -2.00. The minimum Gasteiger partial charge on any atom is -0.497 e. The average molecular weight is 396 g/mol. The molecular formula is C17H20N2O5S2. The Bertz CT molecular complexity index is 877. The topological polar surface area (TPSA) is 84.9 Å². The van der Waals surface area contributed by atoms with Gasteiger partial charge in [0, 0.05) is 17.1 Å². The van der Waals surface area contributed by atoms with Gasteiger partial charge in [0.1, 0.15) is 16.6 Å². The molecule has 2 heterocycles. The number of sulfonamides is 1. The lowest BCUT2D eigenvalue weighted by Crippen LogP contribution is -2.50. The lowest BCUT2D eigenvalue weighted by Gasteiger charge is -2.32. The van der Waals surface area contributed by atoms with E-state index in [4.69, 9.17) is 9.47 Å². The number of ether oxygens (including phenoxy) is 2. The number of anilines is 1. The fourth-order valence-electron chi connectivity index (χ4n) is 2.59. The quantitative estimate of drug-likeness (QED) is 0.805. The van der Waals surface area contributed by atoms with Crippen molar-refractivity contribution in [3.05, 3.63) is 41.3 Å². The monoisotopic (exact) mass is 396 g/mol. The summed E-state index contributed by atoms with van der Waals surface area (Å²) in [6.07, 6.45) is -0.425. The van der Waals surface area contributed by atoms with E-state index in [2.05, 4.69) is 4.72 Å². The van der Waals surface area contributed by atoms with Gasteiger partial charge in [0.2, 0.25) is 10.0 Å². The van der Waals surface area contributed by atoms with E-state index in [-0.39, 0.29) is 29.8 Å². The predicted octanol–water partition coefficient (Wildman–Crippen LogP) is 1.78. The number of aryl methyl sites for hydroxylation is 1. The van der Waals surface area contributed by atoms with E-state index in [1.165, 1.54) is 11.3 Å². The summed E-state index contributed by atoms with van der Waals surface area (Å²) in [6, 6.07) is 10.5. The van der Waals surface area contributed by atoms with Gasteiger partial charge in [-0.15, -0.1) is 11.3 Å². The minimum absolute atomic E-state index is 0.0868. The van der Waals surface area contributed by atoms with Gasteiger partial charge in [-0.2, -0.15) is 0 Å². The number of carbonyl (C=O) groups is 1. The van der Waals surface area contributed by atoms with E-state index in [0.717, 1.165) is 10.6 Å². The number of thiophene rings is 1. The highest BCUT2D eigenvalue weighted by Crippen LogP contribution is 2.23. The van der Waals surface area contributed by atoms with Gasteiger partial charge >= 0.3 is 0 Å². The van der Waals surface area contributed by atoms with Crippen LogP contribution in [-0.2, 0) is 19.6 Å². The van der Waals surface area contributed by atoms with E-state index >= 15 is 0 Å². The molecule has 1 aliphatic rings. The third kappa shape index (κ3) is 4.24. The van der Waals surface area contributed by atoms with Crippen LogP contribution in [0.5, 0.6) is 5.75 Å². The van der Waals surface area contributed by atoms with Crippen molar-refractivity contribution in [1.82, 2.24) is 4.72 Å². The molecule has 1 fully saturated rings. The van der Waals surface area contributed by atoms with Crippen molar-refractivity contribution < 1.29 is 22.7 Å². The SMILES string of the molecule is COc1ccc(N2CC(CNS(=O)(=O)c3ccc(C)s3)OCC2=O)cc1. The Morgan fingerprint density at radius 1 is 1.27 bits per heavy atom. The Balaban J connectivity index is 1.65.